The molecule has 0 spiro atoms. The first-order valence-electron chi connectivity index (χ1n) is 11.3. The Morgan fingerprint density at radius 1 is 0.912 bits per heavy atom. The van der Waals surface area contributed by atoms with E-state index in [4.69, 9.17) is 0 Å². The molecule has 2 amide bonds. The molecule has 3 aromatic carbocycles. The molecule has 1 aliphatic carbocycles. The van der Waals surface area contributed by atoms with Gasteiger partial charge in [-0.3, -0.25) is 9.59 Å². The molecule has 0 unspecified atom stereocenters. The highest BCUT2D eigenvalue weighted by atomic mass is 127. The van der Waals surface area contributed by atoms with E-state index >= 15 is 0 Å². The first kappa shape index (κ1) is 25.1. The number of hydrogen-bond acceptors (Lipinski definition) is 2. The van der Waals surface area contributed by atoms with E-state index in [0.29, 0.717) is 38.3 Å². The number of rotatable bonds is 6. The van der Waals surface area contributed by atoms with E-state index in [1.54, 1.807) is 30.3 Å². The highest BCUT2D eigenvalue weighted by molar-refractivity contribution is 14.1. The number of halogens is 3. The standard InChI is InChI=1S/C27H25FI2N2O2/c28-25-23(10-5-11-24(25)30)19-13-20(15-21(29)14-19)27(34)32-22-9-4-6-17(12-22)16-31-26(33)18-7-2-1-3-8-18/h1-3,5,7-8,10-11,13-15,17,22H,4,6,9,12,16H2,(H,31,33)(H,32,34)/t17-,22+/m1/s1. The highest BCUT2D eigenvalue weighted by Crippen LogP contribution is 2.29. The van der Waals surface area contributed by atoms with Gasteiger partial charge in [0.25, 0.3) is 11.8 Å². The molecule has 2 N–H and O–H groups in total. The molecule has 4 nitrogen and oxygen atoms in total. The van der Waals surface area contributed by atoms with Crippen molar-refractivity contribution in [2.24, 2.45) is 5.92 Å². The van der Waals surface area contributed by atoms with Crippen LogP contribution < -0.4 is 10.6 Å². The Morgan fingerprint density at radius 2 is 1.71 bits per heavy atom. The van der Waals surface area contributed by atoms with Crippen LogP contribution in [0.4, 0.5) is 4.39 Å². The van der Waals surface area contributed by atoms with Crippen molar-refractivity contribution in [1.82, 2.24) is 10.6 Å². The minimum atomic E-state index is -0.274. The lowest BCUT2D eigenvalue weighted by Crippen LogP contribution is -2.41. The van der Waals surface area contributed by atoms with Crippen LogP contribution in [0.1, 0.15) is 46.4 Å². The quantitative estimate of drug-likeness (QED) is 0.295. The topological polar surface area (TPSA) is 58.2 Å². The second-order valence-electron chi connectivity index (χ2n) is 8.61. The van der Waals surface area contributed by atoms with Gasteiger partial charge in [0, 0.05) is 36.4 Å². The Morgan fingerprint density at radius 3 is 2.50 bits per heavy atom. The molecule has 0 heterocycles. The molecular formula is C27H25FI2N2O2. The van der Waals surface area contributed by atoms with Crippen LogP contribution in [0.3, 0.4) is 0 Å². The van der Waals surface area contributed by atoms with E-state index in [-0.39, 0.29) is 23.7 Å². The minimum Gasteiger partial charge on any atom is -0.352 e. The normalized spacial score (nSPS) is 17.7. The van der Waals surface area contributed by atoms with Crippen LogP contribution in [-0.2, 0) is 0 Å². The number of hydrogen-bond donors (Lipinski definition) is 2. The van der Waals surface area contributed by atoms with Crippen molar-refractivity contribution in [2.45, 2.75) is 31.7 Å². The summed E-state index contributed by atoms with van der Waals surface area (Å²) < 4.78 is 16.1. The summed E-state index contributed by atoms with van der Waals surface area (Å²) >= 11 is 4.14. The molecule has 4 rings (SSSR count). The zero-order valence-corrected chi connectivity index (χ0v) is 22.8. The van der Waals surface area contributed by atoms with Crippen molar-refractivity contribution in [3.05, 3.63) is 90.8 Å². The molecular weight excluding hydrogens is 657 g/mol. The molecule has 1 aliphatic rings. The SMILES string of the molecule is O=C(NC[C@@H]1CCC[C@H](NC(=O)c2cc(I)cc(-c3cccc(I)c3F)c2)C1)c1ccccc1. The summed E-state index contributed by atoms with van der Waals surface area (Å²) in [6.07, 6.45) is 3.77. The molecule has 1 fully saturated rings. The Balaban J connectivity index is 1.39. The third-order valence-electron chi connectivity index (χ3n) is 6.13. The molecule has 0 bridgehead atoms. The first-order valence-corrected chi connectivity index (χ1v) is 13.5. The summed E-state index contributed by atoms with van der Waals surface area (Å²) in [5, 5.41) is 6.19. The van der Waals surface area contributed by atoms with Gasteiger partial charge in [-0.25, -0.2) is 4.39 Å². The van der Waals surface area contributed by atoms with Gasteiger partial charge in [0.15, 0.2) is 0 Å². The molecule has 0 aliphatic heterocycles. The molecule has 1 saturated carbocycles. The Hall–Kier alpha value is -2.01. The van der Waals surface area contributed by atoms with E-state index in [1.807, 2.05) is 59.0 Å². The lowest BCUT2D eigenvalue weighted by atomic mass is 9.85. The largest absolute Gasteiger partial charge is 0.352 e. The molecule has 0 aromatic heterocycles. The van der Waals surface area contributed by atoms with Crippen LogP contribution in [0.5, 0.6) is 0 Å². The molecule has 0 saturated heterocycles. The summed E-state index contributed by atoms with van der Waals surface area (Å²) in [6.45, 7) is 0.597. The van der Waals surface area contributed by atoms with Gasteiger partial charge in [-0.1, -0.05) is 36.8 Å². The van der Waals surface area contributed by atoms with Crippen molar-refractivity contribution >= 4 is 57.0 Å². The lowest BCUT2D eigenvalue weighted by Gasteiger charge is -2.30. The molecule has 176 valence electrons. The highest BCUT2D eigenvalue weighted by Gasteiger charge is 2.24. The lowest BCUT2D eigenvalue weighted by molar-refractivity contribution is 0.0901. The molecule has 34 heavy (non-hydrogen) atoms. The zero-order valence-electron chi connectivity index (χ0n) is 18.5. The van der Waals surface area contributed by atoms with E-state index in [2.05, 4.69) is 33.2 Å². The van der Waals surface area contributed by atoms with Gasteiger partial charge in [0.05, 0.1) is 0 Å². The maximum absolute atomic E-state index is 14.7. The molecule has 7 heteroatoms. The van der Waals surface area contributed by atoms with Crippen LogP contribution >= 0.6 is 45.2 Å². The number of carbonyl (C=O) groups is 2. The fourth-order valence-electron chi connectivity index (χ4n) is 4.41. The van der Waals surface area contributed by atoms with E-state index in [9.17, 15) is 14.0 Å². The average Bonchev–Trinajstić information content (AvgIpc) is 2.84. The second kappa shape index (κ2) is 11.6. The Bertz CT molecular complexity index is 1190. The molecule has 0 radical (unpaired) electrons. The summed E-state index contributed by atoms with van der Waals surface area (Å²) in [7, 11) is 0. The van der Waals surface area contributed by atoms with Crippen LogP contribution in [0.2, 0.25) is 0 Å². The van der Waals surface area contributed by atoms with Gasteiger partial charge in [-0.15, -0.1) is 0 Å². The maximum atomic E-state index is 14.7. The van der Waals surface area contributed by atoms with E-state index < -0.39 is 0 Å². The monoisotopic (exact) mass is 682 g/mol. The molecule has 2 atom stereocenters. The van der Waals surface area contributed by atoms with Gasteiger partial charge in [-0.2, -0.15) is 0 Å². The van der Waals surface area contributed by atoms with Crippen LogP contribution in [0, 0.1) is 18.9 Å². The minimum absolute atomic E-state index is 0.0515. The van der Waals surface area contributed by atoms with Gasteiger partial charge in [-0.05, 0) is 112 Å². The smallest absolute Gasteiger partial charge is 0.251 e. The van der Waals surface area contributed by atoms with Crippen LogP contribution in [0.15, 0.2) is 66.7 Å². The van der Waals surface area contributed by atoms with Crippen LogP contribution in [-0.4, -0.2) is 24.4 Å². The summed E-state index contributed by atoms with van der Waals surface area (Å²) in [5.41, 5.74) is 2.37. The second-order valence-corrected chi connectivity index (χ2v) is 11.0. The number of benzene rings is 3. The fourth-order valence-corrected chi connectivity index (χ4v) is 5.58. The van der Waals surface area contributed by atoms with Gasteiger partial charge < -0.3 is 10.6 Å². The van der Waals surface area contributed by atoms with Gasteiger partial charge in [0.1, 0.15) is 5.82 Å². The molecule has 3 aromatic rings. The van der Waals surface area contributed by atoms with E-state index in [0.717, 1.165) is 29.3 Å². The summed E-state index contributed by atoms with van der Waals surface area (Å²) in [5.74, 6) is -0.173. The van der Waals surface area contributed by atoms with Crippen molar-refractivity contribution < 1.29 is 14.0 Å². The van der Waals surface area contributed by atoms with Crippen molar-refractivity contribution in [3.63, 3.8) is 0 Å². The van der Waals surface area contributed by atoms with Crippen molar-refractivity contribution in [3.8, 4) is 11.1 Å². The van der Waals surface area contributed by atoms with Gasteiger partial charge in [0.2, 0.25) is 0 Å². The summed E-state index contributed by atoms with van der Waals surface area (Å²) in [6, 6.07) is 20.0. The van der Waals surface area contributed by atoms with Crippen LogP contribution in [0.25, 0.3) is 11.1 Å². The number of amides is 2. The fraction of sp³-hybridized carbons (Fsp3) is 0.259. The van der Waals surface area contributed by atoms with Crippen molar-refractivity contribution in [2.75, 3.05) is 6.54 Å². The van der Waals surface area contributed by atoms with Gasteiger partial charge >= 0.3 is 0 Å². The van der Waals surface area contributed by atoms with E-state index in [1.165, 1.54) is 0 Å². The predicted molar refractivity (Wildman–Crippen MR) is 149 cm³/mol. The first-order chi connectivity index (χ1) is 16.4. The Labute approximate surface area is 226 Å². The third-order valence-corrected chi connectivity index (χ3v) is 7.58. The zero-order chi connectivity index (χ0) is 24.1. The summed E-state index contributed by atoms with van der Waals surface area (Å²) in [4.78, 5) is 25.4. The number of carbonyl (C=O) groups excluding carboxylic acids is 2. The Kier molecular flexibility index (Phi) is 8.57. The average molecular weight is 682 g/mol. The maximum Gasteiger partial charge on any atom is 0.251 e. The van der Waals surface area contributed by atoms with Crippen molar-refractivity contribution in [1.29, 1.82) is 0 Å². The third kappa shape index (κ3) is 6.35. The predicted octanol–water partition coefficient (Wildman–Crippen LogP) is 6.42. The number of nitrogens with one attached hydrogen (secondary N) is 2.